The fourth-order valence-corrected chi connectivity index (χ4v) is 6.18. The second kappa shape index (κ2) is 12.0. The van der Waals surface area contributed by atoms with Crippen LogP contribution >= 0.6 is 22.6 Å². The van der Waals surface area contributed by atoms with Gasteiger partial charge >= 0.3 is 0 Å². The molecule has 2 aliphatic carbocycles. The van der Waals surface area contributed by atoms with E-state index in [9.17, 15) is 9.59 Å². The zero-order valence-electron chi connectivity index (χ0n) is 19.3. The summed E-state index contributed by atoms with van der Waals surface area (Å²) in [4.78, 5) is 29.9. The second-order valence-corrected chi connectivity index (χ2v) is 10.7. The molecule has 4 nitrogen and oxygen atoms in total. The summed E-state index contributed by atoms with van der Waals surface area (Å²) in [6, 6.07) is 17.6. The molecule has 0 aromatic heterocycles. The van der Waals surface area contributed by atoms with Crippen molar-refractivity contribution in [3.8, 4) is 0 Å². The van der Waals surface area contributed by atoms with Gasteiger partial charge in [-0.3, -0.25) is 9.59 Å². The molecule has 5 heteroatoms. The standard InChI is InChI=1S/C28H35IN2O2/c29-25-19-11-10-18-24(25)28(33)31(23-16-8-3-9-17-23)26(22-14-6-2-7-15-22)27(32)30-20-21-12-4-1-5-13-21/h1,4-5,10-13,18-19,22-23,26H,2-3,6-9,14-17,20H2,(H,30,32). The lowest BCUT2D eigenvalue weighted by Crippen LogP contribution is -2.57. The first-order valence-electron chi connectivity index (χ1n) is 12.5. The molecule has 0 bridgehead atoms. The summed E-state index contributed by atoms with van der Waals surface area (Å²) in [6.07, 6.45) is 11.0. The minimum atomic E-state index is -0.402. The Morgan fingerprint density at radius 2 is 1.45 bits per heavy atom. The van der Waals surface area contributed by atoms with Gasteiger partial charge in [-0.1, -0.05) is 81.0 Å². The third kappa shape index (κ3) is 6.17. The van der Waals surface area contributed by atoms with Crippen molar-refractivity contribution in [3.05, 3.63) is 69.3 Å². The molecule has 2 fully saturated rings. The summed E-state index contributed by atoms with van der Waals surface area (Å²) in [6.45, 7) is 0.498. The third-order valence-corrected chi connectivity index (χ3v) is 8.22. The average Bonchev–Trinajstić information content (AvgIpc) is 2.87. The molecule has 2 aromatic carbocycles. The van der Waals surface area contributed by atoms with Gasteiger partial charge < -0.3 is 10.2 Å². The lowest BCUT2D eigenvalue weighted by Gasteiger charge is -2.43. The quantitative estimate of drug-likeness (QED) is 0.404. The van der Waals surface area contributed by atoms with E-state index in [4.69, 9.17) is 0 Å². The highest BCUT2D eigenvalue weighted by molar-refractivity contribution is 14.1. The first-order chi connectivity index (χ1) is 16.1. The number of nitrogens with one attached hydrogen (secondary N) is 1. The summed E-state index contributed by atoms with van der Waals surface area (Å²) in [5.41, 5.74) is 1.81. The van der Waals surface area contributed by atoms with Gasteiger partial charge in [0.25, 0.3) is 5.91 Å². The Bertz CT molecular complexity index is 921. The lowest BCUT2D eigenvalue weighted by atomic mass is 9.81. The van der Waals surface area contributed by atoms with E-state index in [1.807, 2.05) is 59.5 Å². The Morgan fingerprint density at radius 1 is 0.848 bits per heavy atom. The van der Waals surface area contributed by atoms with Crippen LogP contribution in [0.25, 0.3) is 0 Å². The summed E-state index contributed by atoms with van der Waals surface area (Å²) in [5, 5.41) is 3.20. The number of amides is 2. The predicted molar refractivity (Wildman–Crippen MR) is 141 cm³/mol. The van der Waals surface area contributed by atoms with E-state index in [1.165, 1.54) is 12.8 Å². The maximum absolute atomic E-state index is 14.1. The Labute approximate surface area is 211 Å². The zero-order chi connectivity index (χ0) is 23.0. The van der Waals surface area contributed by atoms with E-state index in [0.29, 0.717) is 6.54 Å². The smallest absolute Gasteiger partial charge is 0.255 e. The van der Waals surface area contributed by atoms with E-state index in [0.717, 1.165) is 66.1 Å². The maximum Gasteiger partial charge on any atom is 0.255 e. The van der Waals surface area contributed by atoms with Crippen molar-refractivity contribution >= 4 is 34.4 Å². The Hall–Kier alpha value is -1.89. The van der Waals surface area contributed by atoms with Gasteiger partial charge in [0, 0.05) is 16.2 Å². The van der Waals surface area contributed by atoms with E-state index >= 15 is 0 Å². The zero-order valence-corrected chi connectivity index (χ0v) is 21.5. The molecule has 0 radical (unpaired) electrons. The van der Waals surface area contributed by atoms with Crippen molar-refractivity contribution < 1.29 is 9.59 Å². The largest absolute Gasteiger partial charge is 0.350 e. The highest BCUT2D eigenvalue weighted by Crippen LogP contribution is 2.34. The van der Waals surface area contributed by atoms with Crippen molar-refractivity contribution in [2.45, 2.75) is 82.8 Å². The molecule has 1 N–H and O–H groups in total. The SMILES string of the molecule is O=C(NCc1ccccc1)C(C1CCCCC1)N(C(=O)c1ccccc1I)C1CCCCC1. The number of hydrogen-bond acceptors (Lipinski definition) is 2. The number of carbonyl (C=O) groups excluding carboxylic acids is 2. The van der Waals surface area contributed by atoms with Gasteiger partial charge in [-0.15, -0.1) is 0 Å². The Balaban J connectivity index is 1.66. The molecule has 2 saturated carbocycles. The normalized spacial score (nSPS) is 18.5. The van der Waals surface area contributed by atoms with Crippen LogP contribution < -0.4 is 5.32 Å². The van der Waals surface area contributed by atoms with E-state index in [1.54, 1.807) is 0 Å². The number of benzene rings is 2. The molecule has 1 unspecified atom stereocenters. The van der Waals surface area contributed by atoms with Crippen LogP contribution in [0.1, 0.15) is 80.1 Å². The van der Waals surface area contributed by atoms with Gasteiger partial charge in [-0.2, -0.15) is 0 Å². The first-order valence-corrected chi connectivity index (χ1v) is 13.6. The van der Waals surface area contributed by atoms with Gasteiger partial charge in [-0.05, 0) is 71.9 Å². The van der Waals surface area contributed by atoms with Crippen LogP contribution in [0.3, 0.4) is 0 Å². The number of nitrogens with zero attached hydrogens (tertiary/aromatic N) is 1. The molecule has 0 heterocycles. The Morgan fingerprint density at radius 3 is 2.12 bits per heavy atom. The molecular formula is C28H35IN2O2. The summed E-state index contributed by atoms with van der Waals surface area (Å²) >= 11 is 2.25. The highest BCUT2D eigenvalue weighted by Gasteiger charge is 2.41. The average molecular weight is 559 g/mol. The minimum absolute atomic E-state index is 0.00983. The second-order valence-electron chi connectivity index (χ2n) is 9.53. The highest BCUT2D eigenvalue weighted by atomic mass is 127. The van der Waals surface area contributed by atoms with Gasteiger partial charge in [0.1, 0.15) is 6.04 Å². The van der Waals surface area contributed by atoms with E-state index in [-0.39, 0.29) is 23.8 Å². The van der Waals surface area contributed by atoms with Crippen molar-refractivity contribution in [3.63, 3.8) is 0 Å². The van der Waals surface area contributed by atoms with Crippen molar-refractivity contribution in [1.29, 1.82) is 0 Å². The molecule has 0 aliphatic heterocycles. The number of rotatable bonds is 7. The van der Waals surface area contributed by atoms with Crippen molar-refractivity contribution in [1.82, 2.24) is 10.2 Å². The maximum atomic E-state index is 14.1. The predicted octanol–water partition coefficient (Wildman–Crippen LogP) is 6.33. The lowest BCUT2D eigenvalue weighted by molar-refractivity contribution is -0.129. The molecule has 1 atom stereocenters. The molecule has 33 heavy (non-hydrogen) atoms. The molecule has 176 valence electrons. The van der Waals surface area contributed by atoms with Crippen LogP contribution in [0.5, 0.6) is 0 Å². The van der Waals surface area contributed by atoms with Gasteiger partial charge in [0.15, 0.2) is 0 Å². The number of hydrogen-bond donors (Lipinski definition) is 1. The van der Waals surface area contributed by atoms with Gasteiger partial charge in [0.2, 0.25) is 5.91 Å². The molecule has 2 amide bonds. The van der Waals surface area contributed by atoms with Crippen LogP contribution in [-0.2, 0) is 11.3 Å². The third-order valence-electron chi connectivity index (χ3n) is 7.28. The molecule has 4 rings (SSSR count). The van der Waals surface area contributed by atoms with E-state index < -0.39 is 6.04 Å². The fraction of sp³-hybridized carbons (Fsp3) is 0.500. The topological polar surface area (TPSA) is 49.4 Å². The van der Waals surface area contributed by atoms with Crippen LogP contribution in [0.15, 0.2) is 54.6 Å². The van der Waals surface area contributed by atoms with Crippen LogP contribution in [0.4, 0.5) is 0 Å². The first kappa shape index (κ1) is 24.2. The van der Waals surface area contributed by atoms with Crippen LogP contribution in [-0.4, -0.2) is 28.8 Å². The molecular weight excluding hydrogens is 523 g/mol. The summed E-state index contributed by atoms with van der Waals surface area (Å²) < 4.78 is 0.952. The van der Waals surface area contributed by atoms with E-state index in [2.05, 4.69) is 27.9 Å². The van der Waals surface area contributed by atoms with Crippen LogP contribution in [0.2, 0.25) is 0 Å². The fourth-order valence-electron chi connectivity index (χ4n) is 5.56. The molecule has 2 aromatic rings. The Kier molecular flexibility index (Phi) is 8.82. The number of halogens is 1. The number of carbonyl (C=O) groups is 2. The van der Waals surface area contributed by atoms with Gasteiger partial charge in [-0.25, -0.2) is 0 Å². The van der Waals surface area contributed by atoms with Crippen LogP contribution in [0, 0.1) is 9.49 Å². The summed E-state index contributed by atoms with van der Waals surface area (Å²) in [7, 11) is 0. The molecule has 2 aliphatic rings. The van der Waals surface area contributed by atoms with Crippen molar-refractivity contribution in [2.24, 2.45) is 5.92 Å². The molecule has 0 spiro atoms. The van der Waals surface area contributed by atoms with Crippen molar-refractivity contribution in [2.75, 3.05) is 0 Å². The summed E-state index contributed by atoms with van der Waals surface area (Å²) in [5.74, 6) is 0.259. The molecule has 0 saturated heterocycles. The minimum Gasteiger partial charge on any atom is -0.350 e. The van der Waals surface area contributed by atoms with Gasteiger partial charge in [0.05, 0.1) is 5.56 Å². The monoisotopic (exact) mass is 558 g/mol.